The van der Waals surface area contributed by atoms with E-state index in [1.165, 1.54) is 6.42 Å². The largest absolute Gasteiger partial charge is 0.492 e. The van der Waals surface area contributed by atoms with Gasteiger partial charge in [0.05, 0.1) is 12.7 Å². The zero-order valence-corrected chi connectivity index (χ0v) is 13.1. The van der Waals surface area contributed by atoms with E-state index in [9.17, 15) is 0 Å². The van der Waals surface area contributed by atoms with Crippen LogP contribution in [0.3, 0.4) is 0 Å². The minimum atomic E-state index is 0.243. The molecule has 2 unspecified atom stereocenters. The maximum absolute atomic E-state index is 6.17. The first kappa shape index (κ1) is 15.0. The van der Waals surface area contributed by atoms with Crippen molar-refractivity contribution in [2.45, 2.75) is 53.1 Å². The molecule has 20 heavy (non-hydrogen) atoms. The summed E-state index contributed by atoms with van der Waals surface area (Å²) in [4.78, 5) is 0. The van der Waals surface area contributed by atoms with E-state index in [2.05, 4.69) is 20.8 Å². The van der Waals surface area contributed by atoms with Crippen molar-refractivity contribution in [3.05, 3.63) is 18.2 Å². The van der Waals surface area contributed by atoms with Crippen molar-refractivity contribution >= 4 is 5.69 Å². The molecule has 2 atom stereocenters. The summed E-state index contributed by atoms with van der Waals surface area (Å²) >= 11 is 0. The average Bonchev–Trinajstić information content (AvgIpc) is 2.32. The van der Waals surface area contributed by atoms with Gasteiger partial charge < -0.3 is 15.2 Å². The zero-order valence-electron chi connectivity index (χ0n) is 13.1. The van der Waals surface area contributed by atoms with Gasteiger partial charge in [-0.2, -0.15) is 0 Å². The third kappa shape index (κ3) is 3.59. The van der Waals surface area contributed by atoms with Gasteiger partial charge in [-0.15, -0.1) is 0 Å². The number of hydrogen-bond donors (Lipinski definition) is 1. The standard InChI is InChI=1S/C17H27NO2/c1-5-19-14-7-6-8-15(16(14)18)20-13-9-12(2)10-17(3,4)11-13/h6-8,12-13H,5,9-11,18H2,1-4H3. The van der Waals surface area contributed by atoms with Gasteiger partial charge in [0.25, 0.3) is 0 Å². The second-order valence-corrected chi connectivity index (χ2v) is 6.75. The molecule has 112 valence electrons. The number of para-hydroxylation sites is 1. The number of hydrogen-bond acceptors (Lipinski definition) is 3. The van der Waals surface area contributed by atoms with Crippen molar-refractivity contribution in [1.29, 1.82) is 0 Å². The molecule has 2 N–H and O–H groups in total. The fraction of sp³-hybridized carbons (Fsp3) is 0.647. The van der Waals surface area contributed by atoms with Crippen LogP contribution in [-0.4, -0.2) is 12.7 Å². The summed E-state index contributed by atoms with van der Waals surface area (Å²) < 4.78 is 11.7. The Bertz CT molecular complexity index is 456. The van der Waals surface area contributed by atoms with Gasteiger partial charge in [-0.1, -0.05) is 26.8 Å². The normalized spacial score (nSPS) is 25.2. The van der Waals surface area contributed by atoms with Crippen LogP contribution in [0.4, 0.5) is 5.69 Å². The molecule has 0 aliphatic heterocycles. The Morgan fingerprint density at radius 3 is 2.60 bits per heavy atom. The highest BCUT2D eigenvalue weighted by Crippen LogP contribution is 2.41. The molecular formula is C17H27NO2. The first-order valence-corrected chi connectivity index (χ1v) is 7.59. The van der Waals surface area contributed by atoms with Gasteiger partial charge in [0.2, 0.25) is 0 Å². The lowest BCUT2D eigenvalue weighted by molar-refractivity contribution is 0.0566. The van der Waals surface area contributed by atoms with Crippen LogP contribution < -0.4 is 15.2 Å². The predicted molar refractivity (Wildman–Crippen MR) is 83.2 cm³/mol. The molecule has 0 amide bonds. The monoisotopic (exact) mass is 277 g/mol. The molecule has 0 bridgehead atoms. The van der Waals surface area contributed by atoms with Crippen LogP contribution in [0.15, 0.2) is 18.2 Å². The number of nitrogens with two attached hydrogens (primary N) is 1. The molecule has 0 aromatic heterocycles. The van der Waals surface area contributed by atoms with Crippen LogP contribution in [0.25, 0.3) is 0 Å². The van der Waals surface area contributed by atoms with E-state index >= 15 is 0 Å². The van der Waals surface area contributed by atoms with Crippen LogP contribution in [0.1, 0.15) is 47.0 Å². The summed E-state index contributed by atoms with van der Waals surface area (Å²) in [7, 11) is 0. The Morgan fingerprint density at radius 1 is 1.25 bits per heavy atom. The lowest BCUT2D eigenvalue weighted by Crippen LogP contribution is -2.34. The minimum Gasteiger partial charge on any atom is -0.492 e. The molecule has 1 aliphatic rings. The lowest BCUT2D eigenvalue weighted by Gasteiger charge is -2.39. The predicted octanol–water partition coefficient (Wildman–Crippen LogP) is 4.26. The number of nitrogen functional groups attached to an aromatic ring is 1. The minimum absolute atomic E-state index is 0.243. The SMILES string of the molecule is CCOc1cccc(OC2CC(C)CC(C)(C)C2)c1N. The number of benzene rings is 1. The fourth-order valence-electron chi connectivity index (χ4n) is 3.44. The van der Waals surface area contributed by atoms with Crippen molar-refractivity contribution in [2.24, 2.45) is 11.3 Å². The van der Waals surface area contributed by atoms with Crippen molar-refractivity contribution in [2.75, 3.05) is 12.3 Å². The smallest absolute Gasteiger partial charge is 0.146 e. The van der Waals surface area contributed by atoms with Crippen molar-refractivity contribution in [3.8, 4) is 11.5 Å². The highest BCUT2D eigenvalue weighted by atomic mass is 16.5. The molecule has 1 fully saturated rings. The van der Waals surface area contributed by atoms with Gasteiger partial charge in [0.1, 0.15) is 17.2 Å². The summed E-state index contributed by atoms with van der Waals surface area (Å²) in [5.74, 6) is 2.17. The molecular weight excluding hydrogens is 250 g/mol. The Morgan fingerprint density at radius 2 is 1.95 bits per heavy atom. The lowest BCUT2D eigenvalue weighted by atomic mass is 9.71. The van der Waals surface area contributed by atoms with Crippen LogP contribution in [-0.2, 0) is 0 Å². The molecule has 3 heteroatoms. The van der Waals surface area contributed by atoms with Crippen LogP contribution in [0.2, 0.25) is 0 Å². The van der Waals surface area contributed by atoms with E-state index in [0.717, 1.165) is 18.6 Å². The molecule has 1 aromatic carbocycles. The first-order valence-electron chi connectivity index (χ1n) is 7.59. The van der Waals surface area contributed by atoms with Crippen molar-refractivity contribution in [1.82, 2.24) is 0 Å². The molecule has 0 saturated heterocycles. The molecule has 0 radical (unpaired) electrons. The van der Waals surface area contributed by atoms with E-state index in [1.807, 2.05) is 25.1 Å². The maximum atomic E-state index is 6.17. The Labute approximate surface area is 122 Å². The Balaban J connectivity index is 2.11. The topological polar surface area (TPSA) is 44.5 Å². The van der Waals surface area contributed by atoms with Crippen LogP contribution in [0, 0.1) is 11.3 Å². The van der Waals surface area contributed by atoms with Gasteiger partial charge in [-0.3, -0.25) is 0 Å². The van der Waals surface area contributed by atoms with Gasteiger partial charge in [-0.25, -0.2) is 0 Å². The highest BCUT2D eigenvalue weighted by Gasteiger charge is 2.33. The summed E-state index contributed by atoms with van der Waals surface area (Å²) in [5.41, 5.74) is 7.10. The van der Waals surface area contributed by atoms with Gasteiger partial charge in [-0.05, 0) is 49.7 Å². The van der Waals surface area contributed by atoms with Gasteiger partial charge >= 0.3 is 0 Å². The zero-order chi connectivity index (χ0) is 14.8. The fourth-order valence-corrected chi connectivity index (χ4v) is 3.44. The molecule has 1 saturated carbocycles. The molecule has 0 heterocycles. The van der Waals surface area contributed by atoms with E-state index < -0.39 is 0 Å². The second kappa shape index (κ2) is 5.94. The number of ether oxygens (including phenoxy) is 2. The van der Waals surface area contributed by atoms with Gasteiger partial charge in [0.15, 0.2) is 0 Å². The second-order valence-electron chi connectivity index (χ2n) is 6.75. The van der Waals surface area contributed by atoms with E-state index in [1.54, 1.807) is 0 Å². The third-order valence-electron chi connectivity index (χ3n) is 3.97. The molecule has 0 spiro atoms. The summed E-state index contributed by atoms with van der Waals surface area (Å²) in [6.45, 7) is 9.51. The van der Waals surface area contributed by atoms with E-state index in [-0.39, 0.29) is 6.10 Å². The molecule has 3 nitrogen and oxygen atoms in total. The molecule has 2 rings (SSSR count). The quantitative estimate of drug-likeness (QED) is 0.836. The summed E-state index contributed by atoms with van der Waals surface area (Å²) in [6, 6.07) is 5.76. The van der Waals surface area contributed by atoms with Crippen molar-refractivity contribution in [3.63, 3.8) is 0 Å². The van der Waals surface area contributed by atoms with E-state index in [4.69, 9.17) is 15.2 Å². The average molecular weight is 277 g/mol. The number of rotatable bonds is 4. The van der Waals surface area contributed by atoms with Crippen molar-refractivity contribution < 1.29 is 9.47 Å². The first-order chi connectivity index (χ1) is 9.41. The molecule has 1 aromatic rings. The third-order valence-corrected chi connectivity index (χ3v) is 3.97. The summed E-state index contributed by atoms with van der Waals surface area (Å²) in [6.07, 6.45) is 3.69. The summed E-state index contributed by atoms with van der Waals surface area (Å²) in [5, 5.41) is 0. The Hall–Kier alpha value is -1.38. The molecule has 1 aliphatic carbocycles. The Kier molecular flexibility index (Phi) is 4.46. The maximum Gasteiger partial charge on any atom is 0.146 e. The number of anilines is 1. The highest BCUT2D eigenvalue weighted by molar-refractivity contribution is 5.62. The van der Waals surface area contributed by atoms with Gasteiger partial charge in [0, 0.05) is 0 Å². The van der Waals surface area contributed by atoms with Crippen LogP contribution >= 0.6 is 0 Å². The van der Waals surface area contributed by atoms with E-state index in [0.29, 0.717) is 29.4 Å². The van der Waals surface area contributed by atoms with Crippen LogP contribution in [0.5, 0.6) is 11.5 Å².